The Morgan fingerprint density at radius 1 is 0.862 bits per heavy atom. The lowest BCUT2D eigenvalue weighted by molar-refractivity contribution is -0.119. The van der Waals surface area contributed by atoms with Crippen molar-refractivity contribution >= 4 is 39.4 Å². The van der Waals surface area contributed by atoms with Gasteiger partial charge in [0, 0.05) is 11.3 Å². The highest BCUT2D eigenvalue weighted by Gasteiger charge is 2.06. The van der Waals surface area contributed by atoms with Crippen LogP contribution in [0.15, 0.2) is 77.9 Å². The average Bonchev–Trinajstić information content (AvgIpc) is 2.74. The van der Waals surface area contributed by atoms with Gasteiger partial charge in [-0.2, -0.15) is 5.10 Å². The molecule has 0 aromatic heterocycles. The maximum absolute atomic E-state index is 12.2. The normalized spacial score (nSPS) is 11.2. The fourth-order valence-electron chi connectivity index (χ4n) is 3.43. The highest BCUT2D eigenvalue weighted by molar-refractivity contribution is 6.13. The van der Waals surface area contributed by atoms with Crippen molar-refractivity contribution in [3.8, 4) is 0 Å². The Morgan fingerprint density at radius 3 is 2.17 bits per heavy atom. The molecule has 0 atom stereocenters. The molecule has 0 fully saturated rings. The van der Waals surface area contributed by atoms with Gasteiger partial charge in [-0.05, 0) is 64.7 Å². The van der Waals surface area contributed by atoms with Gasteiger partial charge in [0.25, 0.3) is 5.91 Å². The van der Waals surface area contributed by atoms with Crippen LogP contribution in [0.1, 0.15) is 16.7 Å². The molecule has 144 valence electrons. The van der Waals surface area contributed by atoms with Crippen LogP contribution in [-0.4, -0.2) is 18.7 Å². The number of fused-ring (bicyclic) bond motifs is 2. The molecule has 4 aromatic carbocycles. The largest absolute Gasteiger partial charge is 0.376 e. The minimum absolute atomic E-state index is 0.163. The molecule has 0 heterocycles. The molecule has 1 amide bonds. The van der Waals surface area contributed by atoms with E-state index < -0.39 is 0 Å². The lowest BCUT2D eigenvalue weighted by Gasteiger charge is -2.09. The number of carbonyl (C=O) groups is 1. The fraction of sp³-hybridized carbons (Fsp3) is 0.120. The van der Waals surface area contributed by atoms with E-state index in [1.165, 1.54) is 11.1 Å². The Balaban J connectivity index is 1.50. The van der Waals surface area contributed by atoms with Crippen LogP contribution in [0.3, 0.4) is 0 Å². The number of rotatable bonds is 5. The molecular weight excluding hydrogens is 358 g/mol. The number of carbonyl (C=O) groups excluding carboxylic acids is 1. The lowest BCUT2D eigenvalue weighted by atomic mass is 9.97. The third-order valence-corrected chi connectivity index (χ3v) is 5.16. The summed E-state index contributed by atoms with van der Waals surface area (Å²) < 4.78 is 0. The quantitative estimate of drug-likeness (QED) is 0.285. The molecule has 0 radical (unpaired) electrons. The van der Waals surface area contributed by atoms with Gasteiger partial charge in [0.15, 0.2) is 0 Å². The van der Waals surface area contributed by atoms with Crippen molar-refractivity contribution in [1.29, 1.82) is 0 Å². The van der Waals surface area contributed by atoms with Crippen LogP contribution in [0.4, 0.5) is 5.69 Å². The molecule has 0 spiro atoms. The molecule has 0 saturated heterocycles. The van der Waals surface area contributed by atoms with Gasteiger partial charge in [0.05, 0.1) is 12.8 Å². The second kappa shape index (κ2) is 8.15. The van der Waals surface area contributed by atoms with Crippen molar-refractivity contribution in [1.82, 2.24) is 5.43 Å². The maximum atomic E-state index is 12.2. The van der Waals surface area contributed by atoms with E-state index in [0.717, 1.165) is 32.8 Å². The summed E-state index contributed by atoms with van der Waals surface area (Å²) in [5.74, 6) is -0.191. The Labute approximate surface area is 170 Å². The third kappa shape index (κ3) is 4.11. The van der Waals surface area contributed by atoms with E-state index in [0.29, 0.717) is 0 Å². The number of benzene rings is 4. The molecule has 0 saturated carbocycles. The summed E-state index contributed by atoms with van der Waals surface area (Å²) in [6.07, 6.45) is 1.73. The Bertz CT molecular complexity index is 1170. The molecule has 4 rings (SSSR count). The van der Waals surface area contributed by atoms with Gasteiger partial charge in [-0.3, -0.25) is 4.79 Å². The first kappa shape index (κ1) is 18.7. The van der Waals surface area contributed by atoms with E-state index in [9.17, 15) is 4.79 Å². The summed E-state index contributed by atoms with van der Waals surface area (Å²) in [7, 11) is 0. The van der Waals surface area contributed by atoms with E-state index in [1.54, 1.807) is 6.21 Å². The number of aryl methyl sites for hydroxylation is 2. The number of anilines is 1. The number of hydrazone groups is 1. The van der Waals surface area contributed by atoms with Crippen molar-refractivity contribution in [2.75, 3.05) is 11.9 Å². The van der Waals surface area contributed by atoms with Gasteiger partial charge in [-0.25, -0.2) is 5.43 Å². The van der Waals surface area contributed by atoms with Crippen LogP contribution in [0.2, 0.25) is 0 Å². The maximum Gasteiger partial charge on any atom is 0.259 e. The first-order chi connectivity index (χ1) is 14.1. The summed E-state index contributed by atoms with van der Waals surface area (Å²) >= 11 is 0. The van der Waals surface area contributed by atoms with Crippen LogP contribution in [0.5, 0.6) is 0 Å². The summed E-state index contributed by atoms with van der Waals surface area (Å²) in [6.45, 7) is 4.28. The molecule has 4 nitrogen and oxygen atoms in total. The summed E-state index contributed by atoms with van der Waals surface area (Å²) in [4.78, 5) is 12.2. The highest BCUT2D eigenvalue weighted by atomic mass is 16.2. The first-order valence-corrected chi connectivity index (χ1v) is 9.65. The van der Waals surface area contributed by atoms with E-state index in [4.69, 9.17) is 0 Å². The molecule has 0 aliphatic heterocycles. The summed E-state index contributed by atoms with van der Waals surface area (Å²) in [5.41, 5.74) is 6.97. The Morgan fingerprint density at radius 2 is 1.52 bits per heavy atom. The van der Waals surface area contributed by atoms with Crippen LogP contribution in [0, 0.1) is 13.8 Å². The smallest absolute Gasteiger partial charge is 0.259 e. The molecule has 4 aromatic rings. The van der Waals surface area contributed by atoms with E-state index >= 15 is 0 Å². The molecule has 4 heteroatoms. The molecule has 2 N–H and O–H groups in total. The number of nitrogens with zero attached hydrogens (tertiary/aromatic N) is 1. The lowest BCUT2D eigenvalue weighted by Crippen LogP contribution is -2.25. The average molecular weight is 381 g/mol. The zero-order chi connectivity index (χ0) is 20.2. The number of hydrogen-bond acceptors (Lipinski definition) is 3. The summed E-state index contributed by atoms with van der Waals surface area (Å²) in [5, 5.41) is 11.9. The predicted octanol–water partition coefficient (Wildman–Crippen LogP) is 5.17. The molecule has 0 unspecified atom stereocenters. The van der Waals surface area contributed by atoms with Gasteiger partial charge in [0.1, 0.15) is 0 Å². The zero-order valence-corrected chi connectivity index (χ0v) is 16.6. The van der Waals surface area contributed by atoms with Crippen molar-refractivity contribution in [2.24, 2.45) is 5.10 Å². The van der Waals surface area contributed by atoms with Crippen molar-refractivity contribution in [3.63, 3.8) is 0 Å². The second-order valence-electron chi connectivity index (χ2n) is 7.18. The number of hydrogen-bond donors (Lipinski definition) is 2. The van der Waals surface area contributed by atoms with Gasteiger partial charge >= 0.3 is 0 Å². The first-order valence-electron chi connectivity index (χ1n) is 9.65. The minimum Gasteiger partial charge on any atom is -0.376 e. The van der Waals surface area contributed by atoms with Crippen molar-refractivity contribution < 1.29 is 4.79 Å². The van der Waals surface area contributed by atoms with E-state index in [-0.39, 0.29) is 12.5 Å². The molecule has 29 heavy (non-hydrogen) atoms. The van der Waals surface area contributed by atoms with Crippen LogP contribution >= 0.6 is 0 Å². The van der Waals surface area contributed by atoms with E-state index in [2.05, 4.69) is 60.0 Å². The minimum atomic E-state index is -0.191. The molecule has 0 aliphatic rings. The van der Waals surface area contributed by atoms with Gasteiger partial charge in [-0.15, -0.1) is 0 Å². The number of nitrogens with one attached hydrogen (secondary N) is 2. The van der Waals surface area contributed by atoms with Crippen LogP contribution < -0.4 is 10.7 Å². The standard InChI is InChI=1S/C25H23N3O/c1-17-11-12-21(13-18(17)2)26-16-25(29)28-27-15-24-22-9-5-3-7-19(22)14-20-8-4-6-10-23(20)24/h3-15,26H,16H2,1-2H3,(H,28,29). The SMILES string of the molecule is Cc1ccc(NCC(=O)NN=Cc2c3ccccc3cc3ccccc23)cc1C. The molecule has 0 bridgehead atoms. The zero-order valence-electron chi connectivity index (χ0n) is 16.6. The monoisotopic (exact) mass is 381 g/mol. The van der Waals surface area contributed by atoms with Crippen molar-refractivity contribution in [2.45, 2.75) is 13.8 Å². The Hall–Kier alpha value is -3.66. The van der Waals surface area contributed by atoms with Crippen molar-refractivity contribution in [3.05, 3.63) is 89.5 Å². The molecule has 0 aliphatic carbocycles. The van der Waals surface area contributed by atoms with Gasteiger partial charge < -0.3 is 5.32 Å². The predicted molar refractivity (Wildman–Crippen MR) is 122 cm³/mol. The highest BCUT2D eigenvalue weighted by Crippen LogP contribution is 2.27. The fourth-order valence-corrected chi connectivity index (χ4v) is 3.43. The third-order valence-electron chi connectivity index (χ3n) is 5.16. The Kier molecular flexibility index (Phi) is 5.25. The van der Waals surface area contributed by atoms with Gasteiger partial charge in [0.2, 0.25) is 0 Å². The van der Waals surface area contributed by atoms with E-state index in [1.807, 2.05) is 42.5 Å². The van der Waals surface area contributed by atoms with Crippen LogP contribution in [0.25, 0.3) is 21.5 Å². The summed E-state index contributed by atoms with van der Waals surface area (Å²) in [6, 6.07) is 24.6. The topological polar surface area (TPSA) is 53.5 Å². The van der Waals surface area contributed by atoms with Crippen LogP contribution in [-0.2, 0) is 4.79 Å². The second-order valence-corrected chi connectivity index (χ2v) is 7.18. The molecular formula is C25H23N3O. The van der Waals surface area contributed by atoms with Gasteiger partial charge in [-0.1, -0.05) is 54.6 Å². The number of amides is 1.